The summed E-state index contributed by atoms with van der Waals surface area (Å²) >= 11 is 0. The predicted molar refractivity (Wildman–Crippen MR) is 220 cm³/mol. The molecule has 4 amide bonds. The number of nitrogens with zero attached hydrogens (tertiary/aromatic N) is 3. The fourth-order valence-corrected chi connectivity index (χ4v) is 7.71. The Morgan fingerprint density at radius 2 is 1.03 bits per heavy atom. The van der Waals surface area contributed by atoms with E-state index in [-0.39, 0.29) is 42.9 Å². The summed E-state index contributed by atoms with van der Waals surface area (Å²) in [6.45, 7) is 17.7. The number of likely N-dealkylation sites (N-methyl/N-ethyl adjacent to an activating group) is 2. The number of aliphatic hydroxyl groups excluding tert-OH is 1. The van der Waals surface area contributed by atoms with Crippen molar-refractivity contribution in [1.82, 2.24) is 14.7 Å². The van der Waals surface area contributed by atoms with Crippen LogP contribution in [0.5, 0.6) is 0 Å². The molecule has 4 atom stereocenters. The molecular formula is C46H61N3O9. The Kier molecular flexibility index (Phi) is 14.1. The van der Waals surface area contributed by atoms with Crippen LogP contribution in [-0.2, 0) is 32.2 Å². The van der Waals surface area contributed by atoms with Crippen molar-refractivity contribution in [1.29, 1.82) is 0 Å². The smallest absolute Gasteiger partial charge is 0.410 e. The number of hydrogen-bond acceptors (Lipinski definition) is 9. The van der Waals surface area contributed by atoms with Gasteiger partial charge in [-0.25, -0.2) is 9.59 Å². The van der Waals surface area contributed by atoms with E-state index in [0.29, 0.717) is 57.1 Å². The van der Waals surface area contributed by atoms with Gasteiger partial charge in [-0.1, -0.05) is 72.8 Å². The van der Waals surface area contributed by atoms with Crippen molar-refractivity contribution in [3.05, 3.63) is 107 Å². The largest absolute Gasteiger partial charge is 0.444 e. The molecule has 2 aliphatic carbocycles. The lowest BCUT2D eigenvalue weighted by Crippen LogP contribution is -2.53. The molecular weight excluding hydrogens is 739 g/mol. The first-order valence-corrected chi connectivity index (χ1v) is 20.3. The summed E-state index contributed by atoms with van der Waals surface area (Å²) in [5, 5.41) is 9.89. The number of ether oxygens (including phenoxy) is 4. The molecule has 2 fully saturated rings. The number of rotatable bonds is 15. The first-order valence-electron chi connectivity index (χ1n) is 20.3. The number of hydrogen-bond donors (Lipinski definition) is 1. The molecule has 3 aromatic rings. The topological polar surface area (TPSA) is 135 Å². The van der Waals surface area contributed by atoms with E-state index in [4.69, 9.17) is 18.9 Å². The Morgan fingerprint density at radius 3 is 1.43 bits per heavy atom. The molecule has 0 unspecified atom stereocenters. The standard InChI is InChI=1S/C27H32N2O5.C19H29NO4/c1-5-29(25(32)34-26(2,3)4)27(15-20(27)17-33-16-19-11-7-6-8-12-19)18-28-23(30)21-13-9-10-14-22(21)24(28)31;1-5-20(17(22)24-18(2,3)4)19(14-21)11-16(19)13-23-12-15-9-7-6-8-10-15/h6-14,20H,5,15-18H2,1-4H3;6-10,16,21H,5,11-14H2,1-4H3/t20-,27-;16-,19-/m00/s1. The number of carbonyl (C=O) groups excluding carboxylic acids is 4. The zero-order valence-corrected chi connectivity index (χ0v) is 35.4. The maximum Gasteiger partial charge on any atom is 0.410 e. The molecule has 1 N–H and O–H groups in total. The van der Waals surface area contributed by atoms with Gasteiger partial charge in [-0.2, -0.15) is 0 Å². The van der Waals surface area contributed by atoms with Crippen LogP contribution in [0, 0.1) is 11.8 Å². The Morgan fingerprint density at radius 1 is 0.655 bits per heavy atom. The van der Waals surface area contributed by atoms with Crippen LogP contribution in [0.4, 0.5) is 9.59 Å². The predicted octanol–water partition coefficient (Wildman–Crippen LogP) is 7.73. The van der Waals surface area contributed by atoms with E-state index in [9.17, 15) is 24.3 Å². The lowest BCUT2D eigenvalue weighted by atomic mass is 10.1. The first-order chi connectivity index (χ1) is 27.5. The molecule has 0 radical (unpaired) electrons. The lowest BCUT2D eigenvalue weighted by Gasteiger charge is -2.36. The van der Waals surface area contributed by atoms with Gasteiger partial charge in [0.1, 0.15) is 11.2 Å². The SMILES string of the molecule is CCN(C(=O)OC(C)(C)C)[C@]1(CN2C(=O)c3ccccc3C2=O)C[C@H]1COCc1ccccc1.CCN(C(=O)OC(C)(C)C)[C@]1(CO)C[C@H]1COCc1ccccc1. The minimum atomic E-state index is -0.721. The quantitative estimate of drug-likeness (QED) is 0.153. The number of carbonyl (C=O) groups is 4. The molecule has 0 saturated heterocycles. The van der Waals surface area contributed by atoms with Crippen molar-refractivity contribution in [2.24, 2.45) is 11.8 Å². The molecule has 58 heavy (non-hydrogen) atoms. The Bertz CT molecular complexity index is 1840. The molecule has 1 aliphatic heterocycles. The van der Waals surface area contributed by atoms with Crippen LogP contribution in [-0.4, -0.2) is 106 Å². The first kappa shape index (κ1) is 44.3. The van der Waals surface area contributed by atoms with E-state index < -0.39 is 28.4 Å². The van der Waals surface area contributed by atoms with Gasteiger partial charge in [0.15, 0.2) is 0 Å². The molecule has 1 heterocycles. The van der Waals surface area contributed by atoms with Crippen LogP contribution in [0.3, 0.4) is 0 Å². The van der Waals surface area contributed by atoms with Gasteiger partial charge in [0.25, 0.3) is 11.8 Å². The van der Waals surface area contributed by atoms with Gasteiger partial charge in [0.05, 0.1) is 61.8 Å². The van der Waals surface area contributed by atoms with E-state index in [1.165, 1.54) is 4.90 Å². The molecule has 2 saturated carbocycles. The highest BCUT2D eigenvalue weighted by molar-refractivity contribution is 6.21. The zero-order valence-electron chi connectivity index (χ0n) is 35.4. The summed E-state index contributed by atoms with van der Waals surface area (Å²) in [6, 6.07) is 26.7. The van der Waals surface area contributed by atoms with Crippen LogP contribution in [0.25, 0.3) is 0 Å². The minimum Gasteiger partial charge on any atom is -0.444 e. The maximum atomic E-state index is 13.1. The lowest BCUT2D eigenvalue weighted by molar-refractivity contribution is -0.00114. The van der Waals surface area contributed by atoms with Crippen molar-refractivity contribution in [3.63, 3.8) is 0 Å². The third kappa shape index (κ3) is 10.6. The number of imide groups is 1. The summed E-state index contributed by atoms with van der Waals surface area (Å²) in [6.07, 6.45) is 0.551. The van der Waals surface area contributed by atoms with Gasteiger partial charge >= 0.3 is 12.2 Å². The number of amides is 4. The van der Waals surface area contributed by atoms with Crippen LogP contribution in [0.1, 0.15) is 100 Å². The van der Waals surface area contributed by atoms with Crippen LogP contribution < -0.4 is 0 Å². The average molecular weight is 800 g/mol. The van der Waals surface area contributed by atoms with E-state index in [1.54, 1.807) is 34.1 Å². The van der Waals surface area contributed by atoms with Gasteiger partial charge in [-0.3, -0.25) is 14.5 Å². The van der Waals surface area contributed by atoms with Crippen LogP contribution in [0.2, 0.25) is 0 Å². The van der Waals surface area contributed by atoms with Gasteiger partial charge in [0.2, 0.25) is 0 Å². The van der Waals surface area contributed by atoms with Gasteiger partial charge in [0, 0.05) is 24.9 Å². The van der Waals surface area contributed by atoms with Crippen molar-refractivity contribution < 1.29 is 43.2 Å². The highest BCUT2D eigenvalue weighted by Gasteiger charge is 2.62. The van der Waals surface area contributed by atoms with Crippen LogP contribution in [0.15, 0.2) is 84.9 Å². The molecule has 314 valence electrons. The molecule has 12 heteroatoms. The second-order valence-electron chi connectivity index (χ2n) is 17.4. The fraction of sp³-hybridized carbons (Fsp3) is 0.522. The Balaban J connectivity index is 0.000000235. The second kappa shape index (κ2) is 18.4. The zero-order chi connectivity index (χ0) is 42.3. The van der Waals surface area contributed by atoms with E-state index >= 15 is 0 Å². The van der Waals surface area contributed by atoms with E-state index in [0.717, 1.165) is 17.5 Å². The van der Waals surface area contributed by atoms with Crippen molar-refractivity contribution in [3.8, 4) is 0 Å². The number of aliphatic hydroxyl groups is 1. The van der Waals surface area contributed by atoms with Gasteiger partial charge in [-0.05, 0) is 91.5 Å². The minimum absolute atomic E-state index is 0.0204. The third-order valence-electron chi connectivity index (χ3n) is 10.8. The molecule has 0 aromatic heterocycles. The summed E-state index contributed by atoms with van der Waals surface area (Å²) < 4.78 is 22.9. The summed E-state index contributed by atoms with van der Waals surface area (Å²) in [7, 11) is 0. The molecule has 3 aromatic carbocycles. The molecule has 3 aliphatic rings. The number of fused-ring (bicyclic) bond motifs is 1. The molecule has 12 nitrogen and oxygen atoms in total. The Hall–Kier alpha value is -4.78. The summed E-state index contributed by atoms with van der Waals surface area (Å²) in [5.74, 6) is -0.529. The van der Waals surface area contributed by atoms with Crippen molar-refractivity contribution in [2.45, 2.75) is 104 Å². The highest BCUT2D eigenvalue weighted by Crippen LogP contribution is 2.51. The average Bonchev–Trinajstić information content (AvgIpc) is 4.06. The van der Waals surface area contributed by atoms with Crippen molar-refractivity contribution in [2.75, 3.05) is 39.5 Å². The Labute approximate surface area is 343 Å². The monoisotopic (exact) mass is 799 g/mol. The second-order valence-corrected chi connectivity index (χ2v) is 17.4. The van der Waals surface area contributed by atoms with Gasteiger partial charge in [-0.15, -0.1) is 0 Å². The van der Waals surface area contributed by atoms with E-state index in [1.807, 2.05) is 116 Å². The number of benzene rings is 3. The summed E-state index contributed by atoms with van der Waals surface area (Å²) in [4.78, 5) is 56.3. The normalized spacial score (nSPS) is 22.1. The molecule has 0 spiro atoms. The molecule has 0 bridgehead atoms. The maximum absolute atomic E-state index is 13.1. The van der Waals surface area contributed by atoms with Crippen LogP contribution >= 0.6 is 0 Å². The highest BCUT2D eigenvalue weighted by atomic mass is 16.6. The van der Waals surface area contributed by atoms with Crippen molar-refractivity contribution >= 4 is 24.0 Å². The molecule has 6 rings (SSSR count). The van der Waals surface area contributed by atoms with E-state index in [2.05, 4.69) is 0 Å². The summed E-state index contributed by atoms with van der Waals surface area (Å²) in [5.41, 5.74) is 0.515. The fourth-order valence-electron chi connectivity index (χ4n) is 7.71. The van der Waals surface area contributed by atoms with Gasteiger partial charge < -0.3 is 33.9 Å². The third-order valence-corrected chi connectivity index (χ3v) is 10.8.